The fourth-order valence-electron chi connectivity index (χ4n) is 2.52. The lowest BCUT2D eigenvalue weighted by Gasteiger charge is -2.21. The van der Waals surface area contributed by atoms with Crippen molar-refractivity contribution in [1.82, 2.24) is 15.1 Å². The van der Waals surface area contributed by atoms with Gasteiger partial charge in [0.1, 0.15) is 0 Å². The Bertz CT molecular complexity index is 369. The zero-order chi connectivity index (χ0) is 14.7. The highest BCUT2D eigenvalue weighted by Gasteiger charge is 2.28. The molecule has 1 aliphatic heterocycles. The maximum absolute atomic E-state index is 12.1. The predicted molar refractivity (Wildman–Crippen MR) is 75.0 cm³/mol. The first-order valence-electron chi connectivity index (χ1n) is 7.39. The summed E-state index contributed by atoms with van der Waals surface area (Å²) < 4.78 is 0. The molecule has 1 saturated carbocycles. The maximum Gasteiger partial charge on any atom is 0.239 e. The third kappa shape index (κ3) is 4.45. The summed E-state index contributed by atoms with van der Waals surface area (Å²) >= 11 is 0. The van der Waals surface area contributed by atoms with Gasteiger partial charge in [-0.15, -0.1) is 0 Å². The molecule has 2 aliphatic rings. The average Bonchev–Trinajstić information content (AvgIpc) is 3.04. The standard InChI is InChI=1S/C14H25N3O3/c1-10(18)11-5-6-17(7-11)9-14(20)16(2)8-13(19)15-12-3-4-12/h10-12,18H,3-9H2,1-2H3,(H,15,19). The summed E-state index contributed by atoms with van der Waals surface area (Å²) in [5, 5.41) is 12.4. The van der Waals surface area contributed by atoms with Crippen molar-refractivity contribution in [2.75, 3.05) is 33.2 Å². The second kappa shape index (κ2) is 6.54. The van der Waals surface area contributed by atoms with E-state index in [-0.39, 0.29) is 30.4 Å². The zero-order valence-corrected chi connectivity index (χ0v) is 12.3. The van der Waals surface area contributed by atoms with E-state index < -0.39 is 0 Å². The average molecular weight is 283 g/mol. The first kappa shape index (κ1) is 15.3. The first-order valence-corrected chi connectivity index (χ1v) is 7.39. The van der Waals surface area contributed by atoms with Crippen molar-refractivity contribution in [1.29, 1.82) is 0 Å². The topological polar surface area (TPSA) is 72.9 Å². The lowest BCUT2D eigenvalue weighted by atomic mass is 10.0. The fraction of sp³-hybridized carbons (Fsp3) is 0.857. The molecule has 2 amide bonds. The number of aliphatic hydroxyl groups is 1. The van der Waals surface area contributed by atoms with E-state index in [4.69, 9.17) is 0 Å². The minimum atomic E-state index is -0.322. The minimum absolute atomic E-state index is 0.0396. The number of amides is 2. The number of carbonyl (C=O) groups is 2. The van der Waals surface area contributed by atoms with Gasteiger partial charge in [-0.2, -0.15) is 0 Å². The van der Waals surface area contributed by atoms with Crippen LogP contribution in [0.2, 0.25) is 0 Å². The summed E-state index contributed by atoms with van der Waals surface area (Å²) in [5.41, 5.74) is 0. The smallest absolute Gasteiger partial charge is 0.239 e. The van der Waals surface area contributed by atoms with Crippen LogP contribution >= 0.6 is 0 Å². The number of carbonyl (C=O) groups excluding carboxylic acids is 2. The molecule has 0 aromatic carbocycles. The summed E-state index contributed by atoms with van der Waals surface area (Å²) in [6, 6.07) is 0.330. The van der Waals surface area contributed by atoms with Gasteiger partial charge >= 0.3 is 0 Å². The molecule has 2 fully saturated rings. The molecule has 0 aromatic rings. The molecule has 2 unspecified atom stereocenters. The molecule has 1 aliphatic carbocycles. The maximum atomic E-state index is 12.1. The summed E-state index contributed by atoms with van der Waals surface area (Å²) in [6.45, 7) is 3.85. The quantitative estimate of drug-likeness (QED) is 0.684. The number of nitrogens with zero attached hydrogens (tertiary/aromatic N) is 2. The number of hydrogen-bond donors (Lipinski definition) is 2. The lowest BCUT2D eigenvalue weighted by molar-refractivity contribution is -0.135. The SMILES string of the molecule is CC(O)C1CCN(CC(=O)N(C)CC(=O)NC2CC2)C1. The Labute approximate surface area is 120 Å². The van der Waals surface area contributed by atoms with E-state index in [2.05, 4.69) is 10.2 Å². The first-order chi connectivity index (χ1) is 9.45. The molecule has 114 valence electrons. The van der Waals surface area contributed by atoms with E-state index in [1.54, 1.807) is 14.0 Å². The second-order valence-electron chi connectivity index (χ2n) is 6.12. The molecular weight excluding hydrogens is 258 g/mol. The Hall–Kier alpha value is -1.14. The molecule has 2 N–H and O–H groups in total. The fourth-order valence-corrected chi connectivity index (χ4v) is 2.52. The molecule has 0 bridgehead atoms. The highest BCUT2D eigenvalue weighted by Crippen LogP contribution is 2.19. The van der Waals surface area contributed by atoms with Crippen LogP contribution in [0, 0.1) is 5.92 Å². The Balaban J connectivity index is 1.69. The molecule has 1 heterocycles. The van der Waals surface area contributed by atoms with Crippen LogP contribution in [0.3, 0.4) is 0 Å². The molecule has 0 radical (unpaired) electrons. The molecule has 0 aromatic heterocycles. The Morgan fingerprint density at radius 2 is 2.10 bits per heavy atom. The number of nitrogens with one attached hydrogen (secondary N) is 1. The van der Waals surface area contributed by atoms with Crippen molar-refractivity contribution in [3.63, 3.8) is 0 Å². The second-order valence-corrected chi connectivity index (χ2v) is 6.12. The van der Waals surface area contributed by atoms with Crippen molar-refractivity contribution in [2.24, 2.45) is 5.92 Å². The Morgan fingerprint density at radius 3 is 2.65 bits per heavy atom. The van der Waals surface area contributed by atoms with Crippen LogP contribution in [0.5, 0.6) is 0 Å². The number of likely N-dealkylation sites (N-methyl/N-ethyl adjacent to an activating group) is 1. The molecule has 1 saturated heterocycles. The largest absolute Gasteiger partial charge is 0.393 e. The van der Waals surface area contributed by atoms with Gasteiger partial charge in [0.05, 0.1) is 19.2 Å². The summed E-state index contributed by atoms with van der Waals surface area (Å²) in [5.74, 6) is 0.139. The van der Waals surface area contributed by atoms with Crippen LogP contribution in [0.1, 0.15) is 26.2 Å². The predicted octanol–water partition coefficient (Wildman–Crippen LogP) is -0.574. The van der Waals surface area contributed by atoms with Crippen LogP contribution in [-0.4, -0.2) is 72.1 Å². The van der Waals surface area contributed by atoms with Crippen LogP contribution < -0.4 is 5.32 Å². The number of aliphatic hydroxyl groups excluding tert-OH is 1. The van der Waals surface area contributed by atoms with Crippen LogP contribution in [0.25, 0.3) is 0 Å². The van der Waals surface area contributed by atoms with Crippen molar-refractivity contribution in [3.8, 4) is 0 Å². The molecule has 6 heteroatoms. The molecule has 20 heavy (non-hydrogen) atoms. The van der Waals surface area contributed by atoms with Gasteiger partial charge in [0.2, 0.25) is 11.8 Å². The van der Waals surface area contributed by atoms with Gasteiger partial charge in [0.15, 0.2) is 0 Å². The summed E-state index contributed by atoms with van der Waals surface area (Å²) in [7, 11) is 1.66. The molecule has 2 atom stereocenters. The zero-order valence-electron chi connectivity index (χ0n) is 12.3. The Kier molecular flexibility index (Phi) is 4.99. The highest BCUT2D eigenvalue weighted by molar-refractivity contribution is 5.85. The summed E-state index contributed by atoms with van der Waals surface area (Å²) in [6.07, 6.45) is 2.71. The third-order valence-electron chi connectivity index (χ3n) is 4.10. The Morgan fingerprint density at radius 1 is 1.40 bits per heavy atom. The van der Waals surface area contributed by atoms with E-state index in [1.165, 1.54) is 4.90 Å². The normalized spacial score (nSPS) is 24.4. The van der Waals surface area contributed by atoms with E-state index >= 15 is 0 Å². The van der Waals surface area contributed by atoms with Crippen molar-refractivity contribution in [2.45, 2.75) is 38.3 Å². The number of hydrogen-bond acceptors (Lipinski definition) is 4. The monoisotopic (exact) mass is 283 g/mol. The molecular formula is C14H25N3O3. The molecule has 0 spiro atoms. The van der Waals surface area contributed by atoms with E-state index in [9.17, 15) is 14.7 Å². The van der Waals surface area contributed by atoms with E-state index in [1.807, 2.05) is 0 Å². The minimum Gasteiger partial charge on any atom is -0.393 e. The number of rotatable bonds is 6. The summed E-state index contributed by atoms with van der Waals surface area (Å²) in [4.78, 5) is 27.2. The molecule has 2 rings (SSSR count). The van der Waals surface area contributed by atoms with Crippen molar-refractivity contribution < 1.29 is 14.7 Å². The third-order valence-corrected chi connectivity index (χ3v) is 4.10. The van der Waals surface area contributed by atoms with Gasteiger partial charge in [-0.05, 0) is 38.6 Å². The van der Waals surface area contributed by atoms with Crippen molar-refractivity contribution >= 4 is 11.8 Å². The molecule has 6 nitrogen and oxygen atoms in total. The van der Waals surface area contributed by atoms with Crippen LogP contribution in [0.15, 0.2) is 0 Å². The van der Waals surface area contributed by atoms with Gasteiger partial charge in [-0.1, -0.05) is 0 Å². The van der Waals surface area contributed by atoms with Gasteiger partial charge in [0.25, 0.3) is 0 Å². The lowest BCUT2D eigenvalue weighted by Crippen LogP contribution is -2.43. The highest BCUT2D eigenvalue weighted by atomic mass is 16.3. The van der Waals surface area contributed by atoms with Crippen LogP contribution in [0.4, 0.5) is 0 Å². The van der Waals surface area contributed by atoms with Gasteiger partial charge in [0, 0.05) is 19.6 Å². The van der Waals surface area contributed by atoms with E-state index in [0.717, 1.165) is 32.4 Å². The van der Waals surface area contributed by atoms with Crippen LogP contribution in [-0.2, 0) is 9.59 Å². The number of likely N-dealkylation sites (tertiary alicyclic amines) is 1. The van der Waals surface area contributed by atoms with E-state index in [0.29, 0.717) is 12.6 Å². The van der Waals surface area contributed by atoms with Crippen molar-refractivity contribution in [3.05, 3.63) is 0 Å². The van der Waals surface area contributed by atoms with Gasteiger partial charge in [-0.25, -0.2) is 0 Å². The van der Waals surface area contributed by atoms with Gasteiger partial charge in [-0.3, -0.25) is 14.5 Å². The van der Waals surface area contributed by atoms with Gasteiger partial charge < -0.3 is 15.3 Å².